The van der Waals surface area contributed by atoms with Crippen molar-refractivity contribution < 1.29 is 0 Å². The van der Waals surface area contributed by atoms with Crippen LogP contribution >= 0.6 is 24.0 Å². The highest BCUT2D eigenvalue weighted by atomic mass is 127. The first-order valence-corrected chi connectivity index (χ1v) is 8.15. The van der Waals surface area contributed by atoms with E-state index in [1.54, 1.807) is 0 Å². The van der Waals surface area contributed by atoms with Gasteiger partial charge in [0, 0.05) is 25.2 Å². The molecule has 0 aliphatic carbocycles. The maximum atomic E-state index is 4.67. The lowest BCUT2D eigenvalue weighted by atomic mass is 10.1. The fourth-order valence-corrected chi connectivity index (χ4v) is 2.15. The molecule has 0 aliphatic rings. The summed E-state index contributed by atoms with van der Waals surface area (Å²) in [5.74, 6) is 0.873. The molecule has 5 heteroatoms. The van der Waals surface area contributed by atoms with Crippen molar-refractivity contribution in [1.82, 2.24) is 16.0 Å². The predicted octanol–water partition coefficient (Wildman–Crippen LogP) is 3.36. The Morgan fingerprint density at radius 3 is 2.35 bits per heavy atom. The fourth-order valence-electron chi connectivity index (χ4n) is 2.15. The van der Waals surface area contributed by atoms with Gasteiger partial charge in [0.15, 0.2) is 5.96 Å². The molecule has 1 rings (SSSR count). The SMILES string of the molecule is CCNC(=NCc1ccc(C)cc1C)NCCNC(C)(C)C.I. The highest BCUT2D eigenvalue weighted by molar-refractivity contribution is 14.0. The minimum Gasteiger partial charge on any atom is -0.357 e. The molecule has 0 amide bonds. The van der Waals surface area contributed by atoms with Gasteiger partial charge in [-0.2, -0.15) is 0 Å². The number of nitrogens with one attached hydrogen (secondary N) is 3. The molecule has 0 bridgehead atoms. The van der Waals surface area contributed by atoms with Gasteiger partial charge in [-0.25, -0.2) is 4.99 Å². The summed E-state index contributed by atoms with van der Waals surface area (Å²) in [6.07, 6.45) is 0. The molecule has 0 fully saturated rings. The van der Waals surface area contributed by atoms with Crippen molar-refractivity contribution in [3.05, 3.63) is 34.9 Å². The Hall–Kier alpha value is -0.820. The molecule has 0 saturated heterocycles. The second kappa shape index (κ2) is 10.9. The lowest BCUT2D eigenvalue weighted by Crippen LogP contribution is -2.44. The first kappa shape index (κ1) is 22.2. The second-order valence-electron chi connectivity index (χ2n) is 6.73. The van der Waals surface area contributed by atoms with Crippen LogP contribution < -0.4 is 16.0 Å². The lowest BCUT2D eigenvalue weighted by molar-refractivity contribution is 0.428. The number of halogens is 1. The van der Waals surface area contributed by atoms with Gasteiger partial charge in [0.1, 0.15) is 0 Å². The average molecular weight is 432 g/mol. The Morgan fingerprint density at radius 2 is 1.78 bits per heavy atom. The summed E-state index contributed by atoms with van der Waals surface area (Å²) in [5.41, 5.74) is 4.02. The molecule has 1 aromatic rings. The van der Waals surface area contributed by atoms with Crippen molar-refractivity contribution in [1.29, 1.82) is 0 Å². The number of nitrogens with zero attached hydrogens (tertiary/aromatic N) is 1. The summed E-state index contributed by atoms with van der Waals surface area (Å²) in [6, 6.07) is 6.52. The lowest BCUT2D eigenvalue weighted by Gasteiger charge is -2.21. The molecule has 3 N–H and O–H groups in total. The Bertz CT molecular complexity index is 492. The third-order valence-corrected chi connectivity index (χ3v) is 3.32. The summed E-state index contributed by atoms with van der Waals surface area (Å²) >= 11 is 0. The van der Waals surface area contributed by atoms with Crippen molar-refractivity contribution in [2.24, 2.45) is 4.99 Å². The van der Waals surface area contributed by atoms with Crippen molar-refractivity contribution in [2.45, 2.75) is 53.6 Å². The van der Waals surface area contributed by atoms with Crippen LogP contribution in [0.4, 0.5) is 0 Å². The summed E-state index contributed by atoms with van der Waals surface area (Å²) in [7, 11) is 0. The number of benzene rings is 1. The van der Waals surface area contributed by atoms with E-state index in [0.717, 1.165) is 25.6 Å². The van der Waals surface area contributed by atoms with Gasteiger partial charge in [-0.05, 0) is 52.7 Å². The Labute approximate surface area is 158 Å². The van der Waals surface area contributed by atoms with Crippen molar-refractivity contribution in [2.75, 3.05) is 19.6 Å². The zero-order valence-corrected chi connectivity index (χ0v) is 17.7. The summed E-state index contributed by atoms with van der Waals surface area (Å²) < 4.78 is 0. The van der Waals surface area contributed by atoms with Gasteiger partial charge in [0.2, 0.25) is 0 Å². The topological polar surface area (TPSA) is 48.5 Å². The summed E-state index contributed by atoms with van der Waals surface area (Å²) in [4.78, 5) is 4.67. The van der Waals surface area contributed by atoms with Crippen LogP contribution in [0.2, 0.25) is 0 Å². The predicted molar refractivity (Wildman–Crippen MR) is 112 cm³/mol. The highest BCUT2D eigenvalue weighted by Gasteiger charge is 2.07. The minimum absolute atomic E-state index is 0. The van der Waals surface area contributed by atoms with Crippen LogP contribution in [0.5, 0.6) is 0 Å². The molecule has 0 heterocycles. The number of aliphatic imine (C=N–C) groups is 1. The van der Waals surface area contributed by atoms with Crippen LogP contribution in [0.3, 0.4) is 0 Å². The smallest absolute Gasteiger partial charge is 0.191 e. The van der Waals surface area contributed by atoms with E-state index in [1.165, 1.54) is 16.7 Å². The van der Waals surface area contributed by atoms with Crippen LogP contribution in [0.1, 0.15) is 44.4 Å². The van der Waals surface area contributed by atoms with Crippen LogP contribution in [0.15, 0.2) is 23.2 Å². The van der Waals surface area contributed by atoms with Crippen molar-refractivity contribution in [3.8, 4) is 0 Å². The van der Waals surface area contributed by atoms with E-state index in [1.807, 2.05) is 0 Å². The van der Waals surface area contributed by atoms with E-state index in [0.29, 0.717) is 6.54 Å². The molecule has 132 valence electrons. The van der Waals surface area contributed by atoms with Gasteiger partial charge < -0.3 is 16.0 Å². The Kier molecular flexibility index (Phi) is 10.5. The molecule has 23 heavy (non-hydrogen) atoms. The van der Waals surface area contributed by atoms with E-state index < -0.39 is 0 Å². The molecule has 1 aromatic carbocycles. The minimum atomic E-state index is 0. The first-order valence-electron chi connectivity index (χ1n) is 8.15. The second-order valence-corrected chi connectivity index (χ2v) is 6.73. The monoisotopic (exact) mass is 432 g/mol. The summed E-state index contributed by atoms with van der Waals surface area (Å²) in [5, 5.41) is 10.1. The number of rotatable bonds is 6. The molecule has 0 atom stereocenters. The quantitative estimate of drug-likeness (QED) is 0.280. The fraction of sp³-hybridized carbons (Fsp3) is 0.611. The van der Waals surface area contributed by atoms with E-state index >= 15 is 0 Å². The molecular formula is C18H33IN4. The average Bonchev–Trinajstić information content (AvgIpc) is 2.41. The molecule has 0 saturated carbocycles. The Morgan fingerprint density at radius 1 is 1.09 bits per heavy atom. The zero-order chi connectivity index (χ0) is 16.6. The van der Waals surface area contributed by atoms with Crippen LogP contribution in [-0.4, -0.2) is 31.1 Å². The van der Waals surface area contributed by atoms with Gasteiger partial charge in [0.25, 0.3) is 0 Å². The third-order valence-electron chi connectivity index (χ3n) is 3.32. The molecule has 0 radical (unpaired) electrons. The van der Waals surface area contributed by atoms with Gasteiger partial charge >= 0.3 is 0 Å². The number of hydrogen-bond acceptors (Lipinski definition) is 2. The largest absolute Gasteiger partial charge is 0.357 e. The molecular weight excluding hydrogens is 399 g/mol. The standard InChI is InChI=1S/C18H32N4.HI/c1-7-19-17(20-10-11-22-18(4,5)6)21-13-16-9-8-14(2)12-15(16)3;/h8-9,12,22H,7,10-11,13H2,1-6H3,(H2,19,20,21);1H. The van der Waals surface area contributed by atoms with Gasteiger partial charge in [-0.15, -0.1) is 24.0 Å². The van der Waals surface area contributed by atoms with E-state index in [9.17, 15) is 0 Å². The normalized spacial score (nSPS) is 11.8. The van der Waals surface area contributed by atoms with Crippen molar-refractivity contribution in [3.63, 3.8) is 0 Å². The molecule has 0 spiro atoms. The van der Waals surface area contributed by atoms with Gasteiger partial charge in [-0.3, -0.25) is 0 Å². The number of hydrogen-bond donors (Lipinski definition) is 3. The maximum absolute atomic E-state index is 4.67. The molecule has 4 nitrogen and oxygen atoms in total. The zero-order valence-electron chi connectivity index (χ0n) is 15.4. The van der Waals surface area contributed by atoms with E-state index in [-0.39, 0.29) is 29.5 Å². The maximum Gasteiger partial charge on any atom is 0.191 e. The molecule has 0 aliphatic heterocycles. The van der Waals surface area contributed by atoms with Crippen LogP contribution in [0, 0.1) is 13.8 Å². The molecule has 0 unspecified atom stereocenters. The summed E-state index contributed by atoms with van der Waals surface area (Å²) in [6.45, 7) is 16.2. The van der Waals surface area contributed by atoms with Gasteiger partial charge in [-0.1, -0.05) is 23.8 Å². The number of guanidine groups is 1. The number of aryl methyl sites for hydroxylation is 2. The van der Waals surface area contributed by atoms with E-state index in [4.69, 9.17) is 0 Å². The highest BCUT2D eigenvalue weighted by Crippen LogP contribution is 2.11. The first-order chi connectivity index (χ1) is 10.3. The van der Waals surface area contributed by atoms with Crippen molar-refractivity contribution >= 4 is 29.9 Å². The van der Waals surface area contributed by atoms with Crippen LogP contribution in [-0.2, 0) is 6.54 Å². The Balaban J connectivity index is 0.00000484. The van der Waals surface area contributed by atoms with E-state index in [2.05, 4.69) is 80.7 Å². The molecule has 0 aromatic heterocycles. The van der Waals surface area contributed by atoms with Gasteiger partial charge in [0.05, 0.1) is 6.54 Å². The van der Waals surface area contributed by atoms with Crippen LogP contribution in [0.25, 0.3) is 0 Å². The third kappa shape index (κ3) is 9.81.